The van der Waals surface area contributed by atoms with E-state index in [4.69, 9.17) is 8.92 Å². The molecule has 0 aromatic heterocycles. The maximum absolute atomic E-state index is 11.7. The topological polar surface area (TPSA) is 52.6 Å². The summed E-state index contributed by atoms with van der Waals surface area (Å²) in [6.07, 6.45) is 1.17. The zero-order chi connectivity index (χ0) is 13.4. The third-order valence-corrected chi connectivity index (χ3v) is 3.57. The number of rotatable bonds is 8. The quantitative estimate of drug-likeness (QED) is 0.415. The van der Waals surface area contributed by atoms with Gasteiger partial charge < -0.3 is 4.74 Å². The summed E-state index contributed by atoms with van der Waals surface area (Å²) >= 11 is 0. The average molecular weight is 272 g/mol. The number of unbranched alkanes of at least 4 members (excludes halogenated alkanes) is 1. The van der Waals surface area contributed by atoms with Crippen molar-refractivity contribution in [2.45, 2.75) is 38.7 Å². The molecule has 0 N–H and O–H groups in total. The van der Waals surface area contributed by atoms with Crippen LogP contribution < -0.4 is 0 Å². The maximum Gasteiger partial charge on any atom is 0.274 e. The summed E-state index contributed by atoms with van der Waals surface area (Å²) < 4.78 is 33.7. The van der Waals surface area contributed by atoms with Gasteiger partial charge in [0.1, 0.15) is 5.75 Å². The van der Waals surface area contributed by atoms with E-state index in [1.54, 1.807) is 31.2 Å². The van der Waals surface area contributed by atoms with Crippen molar-refractivity contribution in [2.24, 2.45) is 0 Å². The van der Waals surface area contributed by atoms with Gasteiger partial charge in [-0.3, -0.25) is 0 Å². The third-order valence-electron chi connectivity index (χ3n) is 2.32. The second-order valence-electron chi connectivity index (χ2n) is 4.08. The van der Waals surface area contributed by atoms with Crippen LogP contribution in [-0.2, 0) is 24.8 Å². The molecule has 0 radical (unpaired) electrons. The lowest BCUT2D eigenvalue weighted by Gasteiger charge is -2.13. The fourth-order valence-corrected chi connectivity index (χ4v) is 2.58. The van der Waals surface area contributed by atoms with Crippen molar-refractivity contribution in [1.29, 1.82) is 0 Å². The minimum Gasteiger partial charge on any atom is -0.352 e. The van der Waals surface area contributed by atoms with E-state index in [1.807, 2.05) is 13.0 Å². The molecule has 0 fully saturated rings. The van der Waals surface area contributed by atoms with Gasteiger partial charge in [-0.15, -0.1) is 0 Å². The molecule has 102 valence electrons. The highest BCUT2D eigenvalue weighted by Gasteiger charge is 2.17. The second kappa shape index (κ2) is 7.51. The molecule has 5 heteroatoms. The molecule has 1 aromatic carbocycles. The molecule has 4 nitrogen and oxygen atoms in total. The summed E-state index contributed by atoms with van der Waals surface area (Å²) in [5.74, 6) is -0.130. The first-order valence-electron chi connectivity index (χ1n) is 6.10. The van der Waals surface area contributed by atoms with Crippen LogP contribution in [-0.4, -0.2) is 21.3 Å². The lowest BCUT2D eigenvalue weighted by molar-refractivity contribution is -0.0635. The van der Waals surface area contributed by atoms with Gasteiger partial charge in [-0.05, 0) is 18.9 Å². The van der Waals surface area contributed by atoms with Gasteiger partial charge in [0.2, 0.25) is 0 Å². The lowest BCUT2D eigenvalue weighted by Crippen LogP contribution is -2.20. The molecule has 0 aliphatic heterocycles. The highest BCUT2D eigenvalue weighted by molar-refractivity contribution is 7.85. The highest BCUT2D eigenvalue weighted by atomic mass is 32.2. The van der Waals surface area contributed by atoms with Crippen LogP contribution in [0.25, 0.3) is 0 Å². The molecule has 1 unspecified atom stereocenters. The van der Waals surface area contributed by atoms with Crippen LogP contribution >= 0.6 is 0 Å². The molecule has 0 aliphatic rings. The molecule has 0 spiro atoms. The molecule has 1 rings (SSSR count). The number of ether oxygens (including phenoxy) is 1. The lowest BCUT2D eigenvalue weighted by atomic mass is 10.2. The molecule has 0 heterocycles. The Kier molecular flexibility index (Phi) is 6.32. The average Bonchev–Trinajstić information content (AvgIpc) is 2.29. The first kappa shape index (κ1) is 15.1. The molecule has 0 saturated heterocycles. The van der Waals surface area contributed by atoms with E-state index in [2.05, 4.69) is 0 Å². The number of hydrogen-bond donors (Lipinski definition) is 0. The molecule has 0 bridgehead atoms. The Morgan fingerprint density at radius 1 is 1.22 bits per heavy atom. The van der Waals surface area contributed by atoms with Crippen LogP contribution in [0, 0.1) is 0 Å². The Hall–Kier alpha value is -0.910. The Balaban J connectivity index is 2.44. The fourth-order valence-electron chi connectivity index (χ4n) is 1.44. The van der Waals surface area contributed by atoms with Crippen molar-refractivity contribution in [2.75, 3.05) is 6.61 Å². The molecule has 1 atom stereocenters. The van der Waals surface area contributed by atoms with Crippen LogP contribution in [0.5, 0.6) is 0 Å². The molecule has 0 amide bonds. The Bertz CT molecular complexity index is 428. The molecule has 1 aromatic rings. The van der Waals surface area contributed by atoms with E-state index < -0.39 is 16.4 Å². The zero-order valence-electron chi connectivity index (χ0n) is 10.8. The van der Waals surface area contributed by atoms with Gasteiger partial charge in [-0.2, -0.15) is 8.42 Å². The van der Waals surface area contributed by atoms with E-state index in [9.17, 15) is 8.42 Å². The third kappa shape index (κ3) is 6.14. The van der Waals surface area contributed by atoms with E-state index >= 15 is 0 Å². The van der Waals surface area contributed by atoms with E-state index in [1.165, 1.54) is 0 Å². The standard InChI is InChI=1S/C13H20O4S/c1-3-4-10-16-12(2)17-18(14,15)11-13-8-6-5-7-9-13/h5-9,12H,3-4,10-11H2,1-2H3. The van der Waals surface area contributed by atoms with Gasteiger partial charge in [-0.1, -0.05) is 43.7 Å². The van der Waals surface area contributed by atoms with Gasteiger partial charge in [0.05, 0.1) is 0 Å². The van der Waals surface area contributed by atoms with E-state index in [0.29, 0.717) is 12.2 Å². The van der Waals surface area contributed by atoms with Gasteiger partial charge in [0.25, 0.3) is 10.1 Å². The van der Waals surface area contributed by atoms with Crippen LogP contribution in [0.2, 0.25) is 0 Å². The van der Waals surface area contributed by atoms with Crippen molar-refractivity contribution in [3.05, 3.63) is 35.9 Å². The van der Waals surface area contributed by atoms with Gasteiger partial charge in [0.15, 0.2) is 6.29 Å². The Morgan fingerprint density at radius 3 is 2.50 bits per heavy atom. The minimum atomic E-state index is -3.60. The summed E-state index contributed by atoms with van der Waals surface area (Å²) in [5.41, 5.74) is 0.707. The monoisotopic (exact) mass is 272 g/mol. The molecule has 0 saturated carbocycles. The van der Waals surface area contributed by atoms with Crippen molar-refractivity contribution in [3.63, 3.8) is 0 Å². The van der Waals surface area contributed by atoms with Crippen molar-refractivity contribution in [3.8, 4) is 0 Å². The number of hydrogen-bond acceptors (Lipinski definition) is 4. The van der Waals surface area contributed by atoms with Crippen LogP contribution in [0.3, 0.4) is 0 Å². The number of benzene rings is 1. The minimum absolute atomic E-state index is 0.130. The molecule has 18 heavy (non-hydrogen) atoms. The zero-order valence-corrected chi connectivity index (χ0v) is 11.7. The maximum atomic E-state index is 11.7. The second-order valence-corrected chi connectivity index (χ2v) is 5.67. The largest absolute Gasteiger partial charge is 0.352 e. The summed E-state index contributed by atoms with van der Waals surface area (Å²) in [4.78, 5) is 0. The van der Waals surface area contributed by atoms with Crippen molar-refractivity contribution >= 4 is 10.1 Å². The van der Waals surface area contributed by atoms with Crippen molar-refractivity contribution in [1.82, 2.24) is 0 Å². The van der Waals surface area contributed by atoms with E-state index in [-0.39, 0.29) is 5.75 Å². The molecular formula is C13H20O4S. The summed E-state index contributed by atoms with van der Waals surface area (Å²) in [6, 6.07) is 8.94. The highest BCUT2D eigenvalue weighted by Crippen LogP contribution is 2.10. The van der Waals surface area contributed by atoms with Crippen molar-refractivity contribution < 1.29 is 17.3 Å². The first-order valence-corrected chi connectivity index (χ1v) is 7.67. The smallest absolute Gasteiger partial charge is 0.274 e. The SMILES string of the molecule is CCCCOC(C)OS(=O)(=O)Cc1ccccc1. The summed E-state index contributed by atoms with van der Waals surface area (Å²) in [7, 11) is -3.60. The van der Waals surface area contributed by atoms with Gasteiger partial charge in [0, 0.05) is 6.61 Å². The Labute approximate surface area is 109 Å². The van der Waals surface area contributed by atoms with Gasteiger partial charge in [-0.25, -0.2) is 4.18 Å². The normalized spacial score (nSPS) is 13.4. The van der Waals surface area contributed by atoms with Crippen LogP contribution in [0.4, 0.5) is 0 Å². The fraction of sp³-hybridized carbons (Fsp3) is 0.538. The predicted octanol–water partition coefficient (Wildman–Crippen LogP) is 2.70. The van der Waals surface area contributed by atoms with Crippen LogP contribution in [0.1, 0.15) is 32.3 Å². The molecule has 0 aliphatic carbocycles. The van der Waals surface area contributed by atoms with Gasteiger partial charge >= 0.3 is 0 Å². The molecular weight excluding hydrogens is 252 g/mol. The first-order chi connectivity index (χ1) is 8.53. The summed E-state index contributed by atoms with van der Waals surface area (Å²) in [6.45, 7) is 4.15. The predicted molar refractivity (Wildman–Crippen MR) is 70.5 cm³/mol. The van der Waals surface area contributed by atoms with E-state index in [0.717, 1.165) is 12.8 Å². The summed E-state index contributed by atoms with van der Waals surface area (Å²) in [5, 5.41) is 0. The van der Waals surface area contributed by atoms with Crippen LogP contribution in [0.15, 0.2) is 30.3 Å². The Morgan fingerprint density at radius 2 is 1.89 bits per heavy atom.